The van der Waals surface area contributed by atoms with E-state index in [-0.39, 0.29) is 11.7 Å². The number of nitrogens with zero attached hydrogens (tertiary/aromatic N) is 2. The molecule has 0 unspecified atom stereocenters. The van der Waals surface area contributed by atoms with Gasteiger partial charge in [0.05, 0.1) is 18.2 Å². The zero-order chi connectivity index (χ0) is 21.0. The fourth-order valence-electron chi connectivity index (χ4n) is 3.58. The van der Waals surface area contributed by atoms with E-state index in [1.165, 1.54) is 5.56 Å². The van der Waals surface area contributed by atoms with Crippen LogP contribution in [0, 0.1) is 13.8 Å². The number of hydrogen-bond acceptors (Lipinski definition) is 4. The second kappa shape index (κ2) is 9.69. The number of thiocarbonyl (C=S) groups is 1. The van der Waals surface area contributed by atoms with Crippen LogP contribution in [0.4, 0.5) is 0 Å². The minimum Gasteiger partial charge on any atom is -0.376 e. The molecule has 29 heavy (non-hydrogen) atoms. The maximum Gasteiger partial charge on any atom is 0.253 e. The summed E-state index contributed by atoms with van der Waals surface area (Å²) in [4.78, 5) is 20.0. The molecule has 0 saturated carbocycles. The van der Waals surface area contributed by atoms with Crippen LogP contribution in [-0.2, 0) is 11.3 Å². The van der Waals surface area contributed by atoms with Gasteiger partial charge in [-0.25, -0.2) is 0 Å². The fourth-order valence-corrected chi connectivity index (χ4v) is 3.82. The molecule has 0 radical (unpaired) electrons. The van der Waals surface area contributed by atoms with Crippen molar-refractivity contribution in [1.82, 2.24) is 20.1 Å². The normalized spacial score (nSPS) is 16.5. The zero-order valence-electron chi connectivity index (χ0n) is 17.9. The van der Waals surface area contributed by atoms with Gasteiger partial charge in [-0.05, 0) is 75.6 Å². The Balaban J connectivity index is 1.78. The van der Waals surface area contributed by atoms with Crippen molar-refractivity contribution in [1.29, 1.82) is 0 Å². The Hall–Kier alpha value is -1.96. The second-order valence-electron chi connectivity index (χ2n) is 8.14. The largest absolute Gasteiger partial charge is 0.376 e. The highest BCUT2D eigenvalue weighted by atomic mass is 32.1. The standard InChI is InChI=1S/C22H32N4O2S/c1-15-7-8-17-12-18(21(27)24-20(17)16(15)2)14-26(10-9-25(3)4)22(29)23-13-19-6-5-11-28-19/h7-8,12,19H,5-6,9-11,13-14H2,1-4H3,(H,23,29)(H,24,27)/t19-/m1/s1. The van der Waals surface area contributed by atoms with Crippen LogP contribution < -0.4 is 10.9 Å². The second-order valence-corrected chi connectivity index (χ2v) is 8.53. The van der Waals surface area contributed by atoms with E-state index >= 15 is 0 Å². The molecule has 2 heterocycles. The summed E-state index contributed by atoms with van der Waals surface area (Å²) in [5.74, 6) is 0. The summed E-state index contributed by atoms with van der Waals surface area (Å²) in [5, 5.41) is 5.06. The van der Waals surface area contributed by atoms with Crippen molar-refractivity contribution in [2.45, 2.75) is 39.3 Å². The molecular formula is C22H32N4O2S. The average molecular weight is 417 g/mol. The van der Waals surface area contributed by atoms with Gasteiger partial charge in [0.15, 0.2) is 5.11 Å². The summed E-state index contributed by atoms with van der Waals surface area (Å²) in [5.41, 5.74) is 3.87. The molecular weight excluding hydrogens is 384 g/mol. The highest BCUT2D eigenvalue weighted by Crippen LogP contribution is 2.19. The van der Waals surface area contributed by atoms with Crippen molar-refractivity contribution in [2.75, 3.05) is 40.3 Å². The van der Waals surface area contributed by atoms with Crippen molar-refractivity contribution >= 4 is 28.2 Å². The lowest BCUT2D eigenvalue weighted by Gasteiger charge is -2.28. The van der Waals surface area contributed by atoms with Gasteiger partial charge in [-0.15, -0.1) is 0 Å². The predicted octanol–water partition coefficient (Wildman–Crippen LogP) is 2.56. The Labute approximate surface area is 178 Å². The molecule has 3 rings (SSSR count). The molecule has 0 aliphatic carbocycles. The number of likely N-dealkylation sites (N-methyl/N-ethyl adjacent to an activating group) is 1. The number of hydrogen-bond donors (Lipinski definition) is 2. The highest BCUT2D eigenvalue weighted by molar-refractivity contribution is 7.80. The number of ether oxygens (including phenoxy) is 1. The van der Waals surface area contributed by atoms with Crippen molar-refractivity contribution in [3.63, 3.8) is 0 Å². The third kappa shape index (κ3) is 5.56. The van der Waals surface area contributed by atoms with Gasteiger partial charge < -0.3 is 24.8 Å². The first-order chi connectivity index (χ1) is 13.8. The minimum atomic E-state index is -0.0528. The van der Waals surface area contributed by atoms with Crippen LogP contribution in [0.15, 0.2) is 23.0 Å². The van der Waals surface area contributed by atoms with E-state index in [2.05, 4.69) is 39.2 Å². The monoisotopic (exact) mass is 416 g/mol. The Bertz CT molecular complexity index is 919. The fraction of sp³-hybridized carbons (Fsp3) is 0.545. The van der Waals surface area contributed by atoms with Crippen molar-refractivity contribution < 1.29 is 4.74 Å². The molecule has 6 nitrogen and oxygen atoms in total. The SMILES string of the molecule is Cc1ccc2cc(CN(CCN(C)C)C(=S)NC[C@H]3CCCO3)c(=O)[nH]c2c1C. The van der Waals surface area contributed by atoms with Gasteiger partial charge in [-0.1, -0.05) is 12.1 Å². The first-order valence-electron chi connectivity index (χ1n) is 10.3. The number of aromatic amines is 1. The van der Waals surface area contributed by atoms with Gasteiger partial charge in [0.1, 0.15) is 0 Å². The molecule has 2 aromatic rings. The van der Waals surface area contributed by atoms with Crippen molar-refractivity contribution in [3.8, 4) is 0 Å². The number of pyridine rings is 1. The molecule has 1 aromatic heterocycles. The maximum atomic E-state index is 12.8. The van der Waals surface area contributed by atoms with Crippen LogP contribution in [0.1, 0.15) is 29.5 Å². The van der Waals surface area contributed by atoms with E-state index in [1.54, 1.807) is 0 Å². The highest BCUT2D eigenvalue weighted by Gasteiger charge is 2.18. The van der Waals surface area contributed by atoms with Gasteiger partial charge in [0.25, 0.3) is 5.56 Å². The molecule has 2 N–H and O–H groups in total. The number of benzene rings is 1. The van der Waals surface area contributed by atoms with Gasteiger partial charge >= 0.3 is 0 Å². The Morgan fingerprint density at radius 3 is 2.79 bits per heavy atom. The topological polar surface area (TPSA) is 60.6 Å². The first kappa shape index (κ1) is 21.7. The summed E-state index contributed by atoms with van der Waals surface area (Å²) < 4.78 is 5.68. The molecule has 0 spiro atoms. The molecule has 158 valence electrons. The Morgan fingerprint density at radius 2 is 2.10 bits per heavy atom. The summed E-state index contributed by atoms with van der Waals surface area (Å²) >= 11 is 5.67. The molecule has 1 fully saturated rings. The van der Waals surface area contributed by atoms with Crippen LogP contribution in [0.5, 0.6) is 0 Å². The van der Waals surface area contributed by atoms with Crippen molar-refractivity contribution in [3.05, 3.63) is 45.2 Å². The van der Waals surface area contributed by atoms with Gasteiger partial charge in [0, 0.05) is 31.8 Å². The molecule has 1 aromatic carbocycles. The summed E-state index contributed by atoms with van der Waals surface area (Å²) in [6.45, 7) is 7.71. The molecule has 0 bridgehead atoms. The van der Waals surface area contributed by atoms with Crippen molar-refractivity contribution in [2.24, 2.45) is 0 Å². The predicted molar refractivity (Wildman–Crippen MR) is 123 cm³/mol. The number of H-pyrrole nitrogens is 1. The van der Waals surface area contributed by atoms with Crippen LogP contribution in [0.25, 0.3) is 10.9 Å². The summed E-state index contributed by atoms with van der Waals surface area (Å²) in [6, 6.07) is 6.15. The molecule has 1 saturated heterocycles. The Morgan fingerprint density at radius 1 is 1.31 bits per heavy atom. The summed E-state index contributed by atoms with van der Waals surface area (Å²) in [7, 11) is 4.07. The molecule has 1 aliphatic heterocycles. The molecule has 1 aliphatic rings. The number of aryl methyl sites for hydroxylation is 2. The minimum absolute atomic E-state index is 0.0528. The lowest BCUT2D eigenvalue weighted by atomic mass is 10.0. The van der Waals surface area contributed by atoms with E-state index in [1.807, 2.05) is 27.1 Å². The van der Waals surface area contributed by atoms with Crippen LogP contribution >= 0.6 is 12.2 Å². The molecule has 0 amide bonds. The first-order valence-corrected chi connectivity index (χ1v) is 10.7. The Kier molecular flexibility index (Phi) is 7.27. The van der Waals surface area contributed by atoms with Crippen LogP contribution in [0.3, 0.4) is 0 Å². The van der Waals surface area contributed by atoms with E-state index < -0.39 is 0 Å². The van der Waals surface area contributed by atoms with Gasteiger partial charge in [-0.3, -0.25) is 4.79 Å². The maximum absolute atomic E-state index is 12.8. The lowest BCUT2D eigenvalue weighted by Crippen LogP contribution is -2.45. The van der Waals surface area contributed by atoms with Gasteiger partial charge in [0.2, 0.25) is 0 Å². The quantitative estimate of drug-likeness (QED) is 0.677. The third-order valence-corrected chi connectivity index (χ3v) is 6.00. The number of fused-ring (bicyclic) bond motifs is 1. The van der Waals surface area contributed by atoms with Gasteiger partial charge in [-0.2, -0.15) is 0 Å². The third-order valence-electron chi connectivity index (χ3n) is 5.60. The number of aromatic nitrogens is 1. The number of rotatable bonds is 7. The zero-order valence-corrected chi connectivity index (χ0v) is 18.7. The van der Waals surface area contributed by atoms with Crippen LogP contribution in [-0.4, -0.2) is 66.3 Å². The summed E-state index contributed by atoms with van der Waals surface area (Å²) in [6.07, 6.45) is 2.39. The van der Waals surface area contributed by atoms with E-state index in [0.717, 1.165) is 54.6 Å². The number of nitrogens with one attached hydrogen (secondary N) is 2. The molecule has 7 heteroatoms. The average Bonchev–Trinajstić information content (AvgIpc) is 3.20. The van der Waals surface area contributed by atoms with E-state index in [9.17, 15) is 4.79 Å². The van der Waals surface area contributed by atoms with E-state index in [0.29, 0.717) is 18.2 Å². The van der Waals surface area contributed by atoms with Crippen LogP contribution in [0.2, 0.25) is 0 Å². The molecule has 1 atom stereocenters. The lowest BCUT2D eigenvalue weighted by molar-refractivity contribution is 0.113. The smallest absolute Gasteiger partial charge is 0.253 e. The van der Waals surface area contributed by atoms with E-state index in [4.69, 9.17) is 17.0 Å².